The molecule has 2 heterocycles. The molecule has 6 nitrogen and oxygen atoms in total. The van der Waals surface area contributed by atoms with Crippen LogP contribution in [-0.4, -0.2) is 36.4 Å². The van der Waals surface area contributed by atoms with Crippen LogP contribution in [0.3, 0.4) is 0 Å². The number of hydrogen-bond donors (Lipinski definition) is 0. The second-order valence-corrected chi connectivity index (χ2v) is 11.3. The fraction of sp³-hybridized carbons (Fsp3) is 0.391. The van der Waals surface area contributed by atoms with Crippen molar-refractivity contribution in [2.75, 3.05) is 0 Å². The Balaban J connectivity index is 1.66. The van der Waals surface area contributed by atoms with Crippen molar-refractivity contribution in [3.63, 3.8) is 0 Å². The first-order chi connectivity index (χ1) is 16.5. The monoisotopic (exact) mass is 542 g/mol. The summed E-state index contributed by atoms with van der Waals surface area (Å²) < 4.78 is 49.5. The van der Waals surface area contributed by atoms with E-state index in [-0.39, 0.29) is 51.0 Å². The standard InChI is InChI=1S/C23H22ClF3N4O2S2/c1-11-18-19(30-21(34-20(11)18)31(35-27)22(32)33-23(2,3)4)13-7-12(5-6-14(13)25)8-15(26)16-9-29-17(24)10-28-16/h5-11,18-20H,1-4H3/b15-8-. The molecule has 1 saturated carbocycles. The van der Waals surface area contributed by atoms with Gasteiger partial charge in [0.25, 0.3) is 0 Å². The molecule has 4 unspecified atom stereocenters. The summed E-state index contributed by atoms with van der Waals surface area (Å²) in [6, 6.07) is 3.50. The molecule has 0 spiro atoms. The minimum absolute atomic E-state index is 0.00504. The van der Waals surface area contributed by atoms with E-state index < -0.39 is 29.4 Å². The van der Waals surface area contributed by atoms with Gasteiger partial charge >= 0.3 is 6.09 Å². The summed E-state index contributed by atoms with van der Waals surface area (Å²) in [5, 5.41) is 0.268. The number of carbonyl (C=O) groups excluding carboxylic acids is 1. The summed E-state index contributed by atoms with van der Waals surface area (Å²) >= 11 is 6.65. The number of halogens is 4. The highest BCUT2D eigenvalue weighted by molar-refractivity contribution is 8.15. The average molecular weight is 543 g/mol. The molecule has 0 N–H and O–H groups in total. The fourth-order valence-electron chi connectivity index (χ4n) is 3.82. The van der Waals surface area contributed by atoms with E-state index in [4.69, 9.17) is 16.3 Å². The van der Waals surface area contributed by atoms with E-state index in [1.165, 1.54) is 48.4 Å². The molecular formula is C23H22ClF3N4O2S2. The molecule has 12 heteroatoms. The van der Waals surface area contributed by atoms with E-state index in [0.717, 1.165) is 4.31 Å². The van der Waals surface area contributed by atoms with Gasteiger partial charge in [0.15, 0.2) is 23.3 Å². The maximum atomic E-state index is 15.0. The first kappa shape index (κ1) is 25.8. The average Bonchev–Trinajstić information content (AvgIpc) is 3.44. The molecule has 1 amide bonds. The number of aromatic nitrogens is 2. The van der Waals surface area contributed by atoms with Gasteiger partial charge in [-0.3, -0.25) is 4.99 Å². The lowest BCUT2D eigenvalue weighted by Crippen LogP contribution is -2.36. The third kappa shape index (κ3) is 5.78. The van der Waals surface area contributed by atoms with Crippen LogP contribution in [0.25, 0.3) is 11.9 Å². The van der Waals surface area contributed by atoms with Crippen molar-refractivity contribution in [3.8, 4) is 0 Å². The predicted octanol–water partition coefficient (Wildman–Crippen LogP) is 7.28. The van der Waals surface area contributed by atoms with Gasteiger partial charge in [-0.15, -0.1) is 3.89 Å². The molecule has 1 fully saturated rings. The number of carbonyl (C=O) groups is 1. The van der Waals surface area contributed by atoms with Crippen molar-refractivity contribution in [1.82, 2.24) is 14.3 Å². The molecule has 4 rings (SSSR count). The number of hydrogen-bond acceptors (Lipinski definition) is 7. The van der Waals surface area contributed by atoms with Crippen LogP contribution in [0.15, 0.2) is 35.6 Å². The number of aliphatic imine (C=N–C) groups is 1. The van der Waals surface area contributed by atoms with E-state index in [0.29, 0.717) is 5.56 Å². The van der Waals surface area contributed by atoms with Crippen molar-refractivity contribution in [1.29, 1.82) is 0 Å². The fourth-order valence-corrected chi connectivity index (χ4v) is 5.78. The summed E-state index contributed by atoms with van der Waals surface area (Å²) in [5.41, 5.74) is -0.220. The number of amidine groups is 1. The third-order valence-electron chi connectivity index (χ3n) is 5.52. The number of nitrogens with zero attached hydrogens (tertiary/aromatic N) is 4. The molecule has 1 aromatic carbocycles. The highest BCUT2D eigenvalue weighted by Crippen LogP contribution is 2.60. The van der Waals surface area contributed by atoms with Gasteiger partial charge in [0.2, 0.25) is 0 Å². The van der Waals surface area contributed by atoms with Crippen molar-refractivity contribution < 1.29 is 22.2 Å². The smallest absolute Gasteiger partial charge is 0.428 e. The molecule has 1 aromatic heterocycles. The first-order valence-electron chi connectivity index (χ1n) is 10.7. The van der Waals surface area contributed by atoms with Crippen molar-refractivity contribution in [2.24, 2.45) is 16.8 Å². The molecule has 0 bridgehead atoms. The topological polar surface area (TPSA) is 67.7 Å². The number of thioether (sulfide) groups is 1. The van der Waals surface area contributed by atoms with Gasteiger partial charge in [-0.05, 0) is 50.5 Å². The summed E-state index contributed by atoms with van der Waals surface area (Å²) in [6.45, 7) is 7.01. The van der Waals surface area contributed by atoms with Crippen LogP contribution in [0.5, 0.6) is 0 Å². The zero-order chi connectivity index (χ0) is 25.5. The van der Waals surface area contributed by atoms with Crippen molar-refractivity contribution in [3.05, 3.63) is 58.4 Å². The molecule has 4 atom stereocenters. The Hall–Kier alpha value is -2.24. The van der Waals surface area contributed by atoms with Crippen LogP contribution in [-0.2, 0) is 4.74 Å². The molecule has 35 heavy (non-hydrogen) atoms. The van der Waals surface area contributed by atoms with Crippen LogP contribution < -0.4 is 0 Å². The third-order valence-corrected chi connectivity index (χ3v) is 7.80. The SMILES string of the molecule is CC1C2SC(N(SF)C(=O)OC(C)(C)C)=NC(c3cc(/C=C(\F)c4cnc(Cl)cn4)ccc3F)C12. The molecule has 186 valence electrons. The Morgan fingerprint density at radius 1 is 1.29 bits per heavy atom. The Morgan fingerprint density at radius 3 is 2.66 bits per heavy atom. The molecule has 1 aliphatic carbocycles. The molecular weight excluding hydrogens is 521 g/mol. The largest absolute Gasteiger partial charge is 0.443 e. The normalized spacial score (nSPS) is 23.9. The van der Waals surface area contributed by atoms with Gasteiger partial charge in [-0.25, -0.2) is 23.5 Å². The highest BCUT2D eigenvalue weighted by atomic mass is 35.5. The Bertz CT molecular complexity index is 1190. The van der Waals surface area contributed by atoms with Gasteiger partial charge < -0.3 is 4.74 Å². The Kier molecular flexibility index (Phi) is 7.40. The van der Waals surface area contributed by atoms with Crippen LogP contribution in [0.4, 0.5) is 17.5 Å². The molecule has 0 radical (unpaired) electrons. The molecule has 0 saturated heterocycles. The quantitative estimate of drug-likeness (QED) is 0.378. The molecule has 2 aliphatic rings. The maximum Gasteiger partial charge on any atom is 0.428 e. The lowest BCUT2D eigenvalue weighted by atomic mass is 9.98. The molecule has 2 aromatic rings. The van der Waals surface area contributed by atoms with Gasteiger partial charge in [0, 0.05) is 16.7 Å². The number of rotatable bonds is 4. The molecule has 1 aliphatic heterocycles. The van der Waals surface area contributed by atoms with E-state index in [1.54, 1.807) is 20.8 Å². The highest BCUT2D eigenvalue weighted by Gasteiger charge is 2.57. The lowest BCUT2D eigenvalue weighted by Gasteiger charge is -2.27. The summed E-state index contributed by atoms with van der Waals surface area (Å²) in [5.74, 6) is -1.04. The zero-order valence-electron chi connectivity index (χ0n) is 19.2. The second kappa shape index (κ2) is 10.0. The van der Waals surface area contributed by atoms with Gasteiger partial charge in [-0.2, -0.15) is 4.31 Å². The minimum atomic E-state index is -0.898. The van der Waals surface area contributed by atoms with Gasteiger partial charge in [-0.1, -0.05) is 36.4 Å². The van der Waals surface area contributed by atoms with E-state index >= 15 is 0 Å². The van der Waals surface area contributed by atoms with Crippen molar-refractivity contribution in [2.45, 2.75) is 44.6 Å². The second-order valence-electron chi connectivity index (χ2n) is 9.22. The summed E-state index contributed by atoms with van der Waals surface area (Å²) in [7, 11) is 0. The van der Waals surface area contributed by atoms with E-state index in [1.807, 2.05) is 6.92 Å². The van der Waals surface area contributed by atoms with Crippen LogP contribution in [0.1, 0.15) is 50.6 Å². The number of fused-ring (bicyclic) bond motifs is 1. The van der Waals surface area contributed by atoms with Crippen molar-refractivity contribution >= 4 is 58.9 Å². The van der Waals surface area contributed by atoms with Crippen LogP contribution in [0.2, 0.25) is 5.15 Å². The van der Waals surface area contributed by atoms with E-state index in [9.17, 15) is 17.5 Å². The Morgan fingerprint density at radius 2 is 2.03 bits per heavy atom. The zero-order valence-corrected chi connectivity index (χ0v) is 21.6. The number of ether oxygens (including phenoxy) is 1. The van der Waals surface area contributed by atoms with Gasteiger partial charge in [0.1, 0.15) is 22.3 Å². The number of amides is 1. The summed E-state index contributed by atoms with van der Waals surface area (Å²) in [6.07, 6.45) is 2.74. The van der Waals surface area contributed by atoms with Crippen LogP contribution in [0, 0.1) is 17.7 Å². The number of benzene rings is 1. The first-order valence-corrected chi connectivity index (χ1v) is 12.6. The van der Waals surface area contributed by atoms with E-state index in [2.05, 4.69) is 15.0 Å². The van der Waals surface area contributed by atoms with Gasteiger partial charge in [0.05, 0.1) is 18.4 Å². The minimum Gasteiger partial charge on any atom is -0.443 e. The maximum absolute atomic E-state index is 15.0. The van der Waals surface area contributed by atoms with Crippen LogP contribution >= 0.6 is 35.7 Å². The summed E-state index contributed by atoms with van der Waals surface area (Å²) in [4.78, 5) is 24.8. The predicted molar refractivity (Wildman–Crippen MR) is 133 cm³/mol. The lowest BCUT2D eigenvalue weighted by molar-refractivity contribution is 0.0473. The Labute approximate surface area is 214 Å².